The zero-order valence-electron chi connectivity index (χ0n) is 15.2. The molecule has 7 heteroatoms. The number of hydrogen-bond donors (Lipinski definition) is 2. The lowest BCUT2D eigenvalue weighted by Gasteiger charge is -2.20. The highest BCUT2D eigenvalue weighted by molar-refractivity contribution is 7.80. The molecule has 2 aromatic carbocycles. The number of hydrogen-bond acceptors (Lipinski definition) is 4. The quantitative estimate of drug-likeness (QED) is 0.600. The average molecular weight is 415 g/mol. The number of aromatic nitrogens is 1. The number of ether oxygens (including phenoxy) is 1. The number of amides is 1. The van der Waals surface area contributed by atoms with Crippen molar-refractivity contribution in [1.82, 2.24) is 10.3 Å². The van der Waals surface area contributed by atoms with E-state index in [1.165, 1.54) is 6.07 Å². The van der Waals surface area contributed by atoms with Crippen molar-refractivity contribution in [2.45, 2.75) is 19.4 Å². The molecular formula is C21H19ClN2O3S. The SMILES string of the molecule is CCOC(=S)C(Cc1cc(=O)[nH]c2ccccc12)NC(=O)c1ccc(Cl)cc1. The van der Waals surface area contributed by atoms with Crippen molar-refractivity contribution in [3.8, 4) is 0 Å². The molecule has 1 aromatic heterocycles. The lowest BCUT2D eigenvalue weighted by atomic mass is 10.0. The van der Waals surface area contributed by atoms with Gasteiger partial charge in [0.2, 0.25) is 5.56 Å². The van der Waals surface area contributed by atoms with E-state index in [2.05, 4.69) is 10.3 Å². The van der Waals surface area contributed by atoms with Crippen molar-refractivity contribution < 1.29 is 9.53 Å². The number of rotatable bonds is 6. The second-order valence-corrected chi connectivity index (χ2v) is 7.03. The molecule has 28 heavy (non-hydrogen) atoms. The van der Waals surface area contributed by atoms with Gasteiger partial charge in [0.1, 0.15) is 6.04 Å². The number of H-pyrrole nitrogens is 1. The maximum atomic E-state index is 12.7. The number of benzene rings is 2. The van der Waals surface area contributed by atoms with Crippen LogP contribution in [0.1, 0.15) is 22.8 Å². The number of pyridine rings is 1. The third-order valence-corrected chi connectivity index (χ3v) is 4.90. The molecule has 3 aromatic rings. The van der Waals surface area contributed by atoms with Gasteiger partial charge in [0.25, 0.3) is 5.91 Å². The minimum Gasteiger partial charge on any atom is -0.485 e. The summed E-state index contributed by atoms with van der Waals surface area (Å²) < 4.78 is 5.48. The van der Waals surface area contributed by atoms with Gasteiger partial charge in [-0.15, -0.1) is 0 Å². The van der Waals surface area contributed by atoms with Gasteiger partial charge in [-0.25, -0.2) is 0 Å². The van der Waals surface area contributed by atoms with Gasteiger partial charge in [0.15, 0.2) is 5.05 Å². The molecule has 0 saturated heterocycles. The fourth-order valence-corrected chi connectivity index (χ4v) is 3.33. The first kappa shape index (κ1) is 20.0. The minimum absolute atomic E-state index is 0.209. The van der Waals surface area contributed by atoms with E-state index in [0.717, 1.165) is 16.5 Å². The van der Waals surface area contributed by atoms with E-state index >= 15 is 0 Å². The molecule has 0 fully saturated rings. The number of halogens is 1. The van der Waals surface area contributed by atoms with E-state index in [-0.39, 0.29) is 16.5 Å². The van der Waals surface area contributed by atoms with Gasteiger partial charge >= 0.3 is 0 Å². The Morgan fingerprint density at radius 1 is 1.21 bits per heavy atom. The van der Waals surface area contributed by atoms with Gasteiger partial charge < -0.3 is 15.0 Å². The van der Waals surface area contributed by atoms with Gasteiger partial charge in [0.05, 0.1) is 6.61 Å². The third-order valence-electron chi connectivity index (χ3n) is 4.24. The van der Waals surface area contributed by atoms with Crippen molar-refractivity contribution >= 4 is 45.7 Å². The highest BCUT2D eigenvalue weighted by Gasteiger charge is 2.21. The van der Waals surface area contributed by atoms with E-state index < -0.39 is 6.04 Å². The summed E-state index contributed by atoms with van der Waals surface area (Å²) in [6, 6.07) is 15.0. The Morgan fingerprint density at radius 3 is 2.64 bits per heavy atom. The van der Waals surface area contributed by atoms with Crippen molar-refractivity contribution in [3.63, 3.8) is 0 Å². The van der Waals surface area contributed by atoms with Crippen molar-refractivity contribution in [2.75, 3.05) is 6.61 Å². The monoisotopic (exact) mass is 414 g/mol. The molecule has 0 aliphatic heterocycles. The van der Waals surface area contributed by atoms with Crippen LogP contribution in [-0.4, -0.2) is 28.6 Å². The average Bonchev–Trinajstić information content (AvgIpc) is 2.68. The Labute approximate surface area is 172 Å². The molecule has 2 N–H and O–H groups in total. The number of carbonyl (C=O) groups excluding carboxylic acids is 1. The fourth-order valence-electron chi connectivity index (χ4n) is 2.94. The molecule has 0 radical (unpaired) electrons. The topological polar surface area (TPSA) is 71.2 Å². The highest BCUT2D eigenvalue weighted by Crippen LogP contribution is 2.17. The van der Waals surface area contributed by atoms with E-state index in [4.69, 9.17) is 28.6 Å². The lowest BCUT2D eigenvalue weighted by molar-refractivity contribution is 0.0943. The Kier molecular flexibility index (Phi) is 6.44. The largest absolute Gasteiger partial charge is 0.485 e. The van der Waals surface area contributed by atoms with Crippen LogP contribution in [0.3, 0.4) is 0 Å². The fraction of sp³-hybridized carbons (Fsp3) is 0.190. The molecule has 5 nitrogen and oxygen atoms in total. The summed E-state index contributed by atoms with van der Waals surface area (Å²) >= 11 is 11.3. The van der Waals surface area contributed by atoms with Gasteiger partial charge in [-0.05, 0) is 55.0 Å². The van der Waals surface area contributed by atoms with Crippen LogP contribution in [0, 0.1) is 0 Å². The Hall–Kier alpha value is -2.70. The summed E-state index contributed by atoms with van der Waals surface area (Å²) in [5, 5.41) is 4.63. The zero-order chi connectivity index (χ0) is 20.1. The van der Waals surface area contributed by atoms with E-state index in [1.807, 2.05) is 31.2 Å². The predicted octanol–water partition coefficient (Wildman–Crippen LogP) is 3.89. The molecule has 144 valence electrons. The Balaban J connectivity index is 1.91. The van der Waals surface area contributed by atoms with Crippen LogP contribution >= 0.6 is 23.8 Å². The van der Waals surface area contributed by atoms with Crippen LogP contribution in [0.5, 0.6) is 0 Å². The highest BCUT2D eigenvalue weighted by atomic mass is 35.5. The standard InChI is InChI=1S/C21H19ClN2O3S/c1-2-27-21(28)18(24-20(26)13-7-9-15(22)10-8-13)11-14-12-19(25)23-17-6-4-3-5-16(14)17/h3-10,12,18H,2,11H2,1H3,(H,23,25)(H,24,26). The van der Waals surface area contributed by atoms with E-state index in [9.17, 15) is 9.59 Å². The molecule has 1 unspecified atom stereocenters. The smallest absolute Gasteiger partial charge is 0.251 e. The molecule has 1 atom stereocenters. The molecule has 3 rings (SSSR count). The van der Waals surface area contributed by atoms with Crippen LogP contribution in [0.4, 0.5) is 0 Å². The number of carbonyl (C=O) groups is 1. The second-order valence-electron chi connectivity index (χ2n) is 6.19. The van der Waals surface area contributed by atoms with Crippen LogP contribution in [0.25, 0.3) is 10.9 Å². The summed E-state index contributed by atoms with van der Waals surface area (Å²) in [7, 11) is 0. The van der Waals surface area contributed by atoms with Gasteiger partial charge in [-0.1, -0.05) is 29.8 Å². The Bertz CT molecular complexity index is 1060. The molecule has 0 bridgehead atoms. The van der Waals surface area contributed by atoms with Crippen LogP contribution < -0.4 is 10.9 Å². The molecule has 1 amide bonds. The van der Waals surface area contributed by atoms with Crippen molar-refractivity contribution in [3.05, 3.63) is 81.1 Å². The van der Waals surface area contributed by atoms with Crippen LogP contribution in [0.2, 0.25) is 5.02 Å². The predicted molar refractivity (Wildman–Crippen MR) is 115 cm³/mol. The Morgan fingerprint density at radius 2 is 1.93 bits per heavy atom. The number of nitrogens with one attached hydrogen (secondary N) is 2. The molecule has 0 aliphatic carbocycles. The van der Waals surface area contributed by atoms with Crippen molar-refractivity contribution in [2.24, 2.45) is 0 Å². The van der Waals surface area contributed by atoms with Crippen LogP contribution in [-0.2, 0) is 11.2 Å². The first-order valence-corrected chi connectivity index (χ1v) is 9.60. The molecule has 0 saturated carbocycles. The number of fused-ring (bicyclic) bond motifs is 1. The maximum absolute atomic E-state index is 12.7. The first-order valence-electron chi connectivity index (χ1n) is 8.82. The number of aromatic amines is 1. The molecule has 0 spiro atoms. The zero-order valence-corrected chi connectivity index (χ0v) is 16.8. The maximum Gasteiger partial charge on any atom is 0.251 e. The summed E-state index contributed by atoms with van der Waals surface area (Å²) in [6.45, 7) is 2.22. The van der Waals surface area contributed by atoms with E-state index in [1.54, 1.807) is 24.3 Å². The summed E-state index contributed by atoms with van der Waals surface area (Å²) in [5.74, 6) is -0.294. The second kappa shape index (κ2) is 8.99. The van der Waals surface area contributed by atoms with E-state index in [0.29, 0.717) is 23.6 Å². The third kappa shape index (κ3) is 4.77. The minimum atomic E-state index is -0.566. The summed E-state index contributed by atoms with van der Waals surface area (Å²) in [4.78, 5) is 27.5. The van der Waals surface area contributed by atoms with Gasteiger partial charge in [-0.2, -0.15) is 0 Å². The number of thiocarbonyl (C=S) groups is 1. The lowest BCUT2D eigenvalue weighted by Crippen LogP contribution is -2.42. The normalized spacial score (nSPS) is 11.8. The summed E-state index contributed by atoms with van der Waals surface area (Å²) in [6.07, 6.45) is 0.336. The number of para-hydroxylation sites is 1. The first-order chi connectivity index (χ1) is 13.5. The summed E-state index contributed by atoms with van der Waals surface area (Å²) in [5.41, 5.74) is 1.76. The molecular weight excluding hydrogens is 396 g/mol. The van der Waals surface area contributed by atoms with Gasteiger partial charge in [0, 0.05) is 34.0 Å². The van der Waals surface area contributed by atoms with Crippen LogP contribution in [0.15, 0.2) is 59.4 Å². The van der Waals surface area contributed by atoms with Crippen molar-refractivity contribution in [1.29, 1.82) is 0 Å². The molecule has 1 heterocycles. The van der Waals surface area contributed by atoms with Gasteiger partial charge in [-0.3, -0.25) is 9.59 Å². The molecule has 0 aliphatic rings.